The van der Waals surface area contributed by atoms with Crippen molar-refractivity contribution in [3.05, 3.63) is 83.7 Å². The molecule has 200 valence electrons. The lowest BCUT2D eigenvalue weighted by Gasteiger charge is -2.35. The smallest absolute Gasteiger partial charge is 0.406 e. The average molecular weight is 533 g/mol. The van der Waals surface area contributed by atoms with Crippen LogP contribution in [0.2, 0.25) is 0 Å². The van der Waals surface area contributed by atoms with Crippen LogP contribution in [0.4, 0.5) is 30.7 Å². The van der Waals surface area contributed by atoms with Gasteiger partial charge in [0.1, 0.15) is 23.1 Å². The van der Waals surface area contributed by atoms with Gasteiger partial charge in [0, 0.05) is 29.9 Å². The zero-order valence-corrected chi connectivity index (χ0v) is 19.1. The van der Waals surface area contributed by atoms with Crippen molar-refractivity contribution in [3.63, 3.8) is 0 Å². The topological polar surface area (TPSA) is 130 Å². The molecule has 0 spiro atoms. The first kappa shape index (κ1) is 29.5. The molecule has 3 aromatic rings. The Morgan fingerprint density at radius 3 is 2.03 bits per heavy atom. The molecule has 0 saturated heterocycles. The van der Waals surface area contributed by atoms with Gasteiger partial charge in [-0.05, 0) is 36.8 Å². The van der Waals surface area contributed by atoms with Crippen LogP contribution in [0.15, 0.2) is 60.8 Å². The number of hydrogen-bond donors (Lipinski definition) is 5. The maximum atomic E-state index is 15.3. The van der Waals surface area contributed by atoms with Crippen LogP contribution in [0, 0.1) is 17.0 Å². The number of alkyl halides is 5. The summed E-state index contributed by atoms with van der Waals surface area (Å²) in [6.07, 6.45) is -3.87. The SMILES string of the molecule is CC(=N)N.NNCC(O)(c1ccc(F)cc1F)C(F)(F)c1ccc(-c2ccc(OC(F)(F)F)cc2)cn1. The fourth-order valence-electron chi connectivity index (χ4n) is 3.16. The molecule has 7 nitrogen and oxygen atoms in total. The van der Waals surface area contributed by atoms with E-state index in [2.05, 4.69) is 9.72 Å². The van der Waals surface area contributed by atoms with Crippen LogP contribution in [-0.4, -0.2) is 28.8 Å². The molecule has 0 bridgehead atoms. The summed E-state index contributed by atoms with van der Waals surface area (Å²) in [5.74, 6) is -1.82. The number of rotatable bonds is 7. The lowest BCUT2D eigenvalue weighted by atomic mass is 9.84. The van der Waals surface area contributed by atoms with Gasteiger partial charge in [0.2, 0.25) is 0 Å². The number of hydrazine groups is 1. The van der Waals surface area contributed by atoms with Crippen molar-refractivity contribution in [2.75, 3.05) is 6.54 Å². The van der Waals surface area contributed by atoms with Crippen LogP contribution in [-0.2, 0) is 11.5 Å². The molecule has 0 amide bonds. The first-order valence-corrected chi connectivity index (χ1v) is 10.2. The summed E-state index contributed by atoms with van der Waals surface area (Å²) in [4.78, 5) is 3.64. The number of amidine groups is 1. The molecule has 2 aromatic carbocycles. The first-order chi connectivity index (χ1) is 17.1. The molecule has 7 N–H and O–H groups in total. The second-order valence-electron chi connectivity index (χ2n) is 7.63. The van der Waals surface area contributed by atoms with Gasteiger partial charge in [0.15, 0.2) is 5.60 Å². The van der Waals surface area contributed by atoms with E-state index in [1.54, 1.807) is 0 Å². The van der Waals surface area contributed by atoms with Crippen LogP contribution in [0.5, 0.6) is 5.75 Å². The molecule has 14 heteroatoms. The minimum atomic E-state index is -4.87. The number of benzene rings is 2. The Kier molecular flexibility index (Phi) is 9.19. The molecular formula is C23H22F7N5O2. The third kappa shape index (κ3) is 7.38. The molecule has 37 heavy (non-hydrogen) atoms. The zero-order valence-electron chi connectivity index (χ0n) is 19.1. The van der Waals surface area contributed by atoms with E-state index in [9.17, 15) is 27.1 Å². The molecule has 0 aliphatic carbocycles. The molecule has 3 rings (SSSR count). The van der Waals surface area contributed by atoms with Crippen molar-refractivity contribution < 1.29 is 40.6 Å². The highest BCUT2D eigenvalue weighted by Gasteiger charge is 2.57. The minimum absolute atomic E-state index is 0.167. The average Bonchev–Trinajstić information content (AvgIpc) is 2.78. The van der Waals surface area contributed by atoms with Gasteiger partial charge < -0.3 is 15.6 Å². The van der Waals surface area contributed by atoms with Gasteiger partial charge >= 0.3 is 12.3 Å². The zero-order chi connectivity index (χ0) is 28.0. The lowest BCUT2D eigenvalue weighted by molar-refractivity contribution is -0.274. The van der Waals surface area contributed by atoms with E-state index in [4.69, 9.17) is 17.0 Å². The standard InChI is InChI=1S/C21H16F7N3O2.C2H6N2/c22-14-4-7-16(17(23)9-14)19(32,11-31-29)20(24,25)18-8-3-13(10-30-18)12-1-5-15(6-2-12)33-21(26,27)28;1-2(3)4/h1-10,31-32H,11,29H2;1H3,(H3,3,4). The second kappa shape index (κ2) is 11.5. The molecule has 0 aliphatic rings. The molecule has 0 aliphatic heterocycles. The van der Waals surface area contributed by atoms with Gasteiger partial charge in [-0.3, -0.25) is 21.7 Å². The third-order valence-electron chi connectivity index (χ3n) is 4.76. The van der Waals surface area contributed by atoms with Crippen LogP contribution in [0.3, 0.4) is 0 Å². The summed E-state index contributed by atoms with van der Waals surface area (Å²) < 4.78 is 98.6. The molecule has 1 aromatic heterocycles. The first-order valence-electron chi connectivity index (χ1n) is 10.2. The molecule has 1 atom stereocenters. The normalized spacial score (nSPS) is 13.2. The number of aliphatic hydroxyl groups is 1. The third-order valence-corrected chi connectivity index (χ3v) is 4.76. The number of hydrogen-bond acceptors (Lipinski definition) is 6. The quantitative estimate of drug-likeness (QED) is 0.101. The van der Waals surface area contributed by atoms with Crippen LogP contribution in [0.1, 0.15) is 18.2 Å². The minimum Gasteiger partial charge on any atom is -0.406 e. The lowest BCUT2D eigenvalue weighted by Crippen LogP contribution is -2.52. The molecule has 0 radical (unpaired) electrons. The Balaban J connectivity index is 0.00000112. The van der Waals surface area contributed by atoms with Gasteiger partial charge in [0.25, 0.3) is 0 Å². The highest BCUT2D eigenvalue weighted by atomic mass is 19.4. The van der Waals surface area contributed by atoms with Gasteiger partial charge in [-0.15, -0.1) is 13.2 Å². The molecule has 1 unspecified atom stereocenters. The summed E-state index contributed by atoms with van der Waals surface area (Å²) in [6.45, 7) is 0.520. The van der Waals surface area contributed by atoms with Crippen LogP contribution < -0.4 is 21.7 Å². The van der Waals surface area contributed by atoms with Crippen LogP contribution >= 0.6 is 0 Å². The predicted octanol–water partition coefficient (Wildman–Crippen LogP) is 4.31. The van der Waals surface area contributed by atoms with E-state index in [-0.39, 0.29) is 11.4 Å². The Labute approximate surface area is 206 Å². The highest BCUT2D eigenvalue weighted by molar-refractivity contribution is 5.73. The van der Waals surface area contributed by atoms with E-state index in [0.29, 0.717) is 23.8 Å². The Bertz CT molecular complexity index is 1200. The maximum Gasteiger partial charge on any atom is 0.573 e. The Hall–Kier alpha value is -3.75. The van der Waals surface area contributed by atoms with E-state index < -0.39 is 53.1 Å². The molecule has 1 heterocycles. The Morgan fingerprint density at radius 2 is 1.57 bits per heavy atom. The number of nitrogens with zero attached hydrogens (tertiary/aromatic N) is 1. The Morgan fingerprint density at radius 1 is 1.00 bits per heavy atom. The maximum absolute atomic E-state index is 15.3. The summed E-state index contributed by atoms with van der Waals surface area (Å²) in [6, 6.07) is 8.37. The number of ether oxygens (including phenoxy) is 1. The van der Waals surface area contributed by atoms with E-state index >= 15 is 8.78 Å². The van der Waals surface area contributed by atoms with E-state index in [1.165, 1.54) is 25.1 Å². The van der Waals surface area contributed by atoms with Crippen molar-refractivity contribution in [2.45, 2.75) is 24.8 Å². The predicted molar refractivity (Wildman–Crippen MR) is 120 cm³/mol. The van der Waals surface area contributed by atoms with Gasteiger partial charge in [-0.25, -0.2) is 8.78 Å². The van der Waals surface area contributed by atoms with Crippen molar-refractivity contribution in [3.8, 4) is 16.9 Å². The van der Waals surface area contributed by atoms with Crippen molar-refractivity contribution >= 4 is 5.84 Å². The fourth-order valence-corrected chi connectivity index (χ4v) is 3.16. The summed E-state index contributed by atoms with van der Waals surface area (Å²) in [7, 11) is 0. The fraction of sp³-hybridized carbons (Fsp3) is 0.217. The van der Waals surface area contributed by atoms with E-state index in [1.807, 2.05) is 5.43 Å². The van der Waals surface area contributed by atoms with Crippen molar-refractivity contribution in [1.29, 1.82) is 5.41 Å². The molecule has 0 fully saturated rings. The highest BCUT2D eigenvalue weighted by Crippen LogP contribution is 2.45. The molecular weight excluding hydrogens is 511 g/mol. The summed E-state index contributed by atoms with van der Waals surface area (Å²) >= 11 is 0. The second-order valence-corrected chi connectivity index (χ2v) is 7.63. The molecule has 0 saturated carbocycles. The summed E-state index contributed by atoms with van der Waals surface area (Å²) in [5.41, 5.74) is 2.09. The number of nitrogens with two attached hydrogens (primary N) is 2. The number of pyridine rings is 1. The van der Waals surface area contributed by atoms with Gasteiger partial charge in [-0.1, -0.05) is 24.3 Å². The van der Waals surface area contributed by atoms with Crippen molar-refractivity contribution in [1.82, 2.24) is 10.4 Å². The number of halogens is 7. The monoisotopic (exact) mass is 533 g/mol. The van der Waals surface area contributed by atoms with Crippen molar-refractivity contribution in [2.24, 2.45) is 11.6 Å². The number of nitrogens with one attached hydrogen (secondary N) is 2. The van der Waals surface area contributed by atoms with Gasteiger partial charge in [-0.2, -0.15) is 8.78 Å². The van der Waals surface area contributed by atoms with E-state index in [0.717, 1.165) is 24.4 Å². The van der Waals surface area contributed by atoms with Gasteiger partial charge in [0.05, 0.1) is 5.84 Å². The van der Waals surface area contributed by atoms with Crippen LogP contribution in [0.25, 0.3) is 11.1 Å². The largest absolute Gasteiger partial charge is 0.573 e. The number of aromatic nitrogens is 1. The summed E-state index contributed by atoms with van der Waals surface area (Å²) in [5, 5.41) is 17.0.